The van der Waals surface area contributed by atoms with Gasteiger partial charge < -0.3 is 10.5 Å². The van der Waals surface area contributed by atoms with Gasteiger partial charge in [0, 0.05) is 6.54 Å². The topological polar surface area (TPSA) is 63.9 Å². The highest BCUT2D eigenvalue weighted by Gasteiger charge is 2.04. The molecule has 2 rings (SSSR count). The zero-order chi connectivity index (χ0) is 9.80. The van der Waals surface area contributed by atoms with Crippen molar-refractivity contribution < 1.29 is 4.74 Å². The van der Waals surface area contributed by atoms with Gasteiger partial charge in [0.15, 0.2) is 5.75 Å². The predicted molar refractivity (Wildman–Crippen MR) is 53.0 cm³/mol. The van der Waals surface area contributed by atoms with Crippen LogP contribution >= 0.6 is 0 Å². The Hall–Kier alpha value is -1.81. The minimum atomic E-state index is 0.391. The minimum absolute atomic E-state index is 0.391. The van der Waals surface area contributed by atoms with Gasteiger partial charge in [0.1, 0.15) is 5.75 Å². The number of para-hydroxylation sites is 1. The summed E-state index contributed by atoms with van der Waals surface area (Å²) >= 11 is 0. The molecular weight excluding hydrogens is 178 g/mol. The van der Waals surface area contributed by atoms with Crippen molar-refractivity contribution in [1.29, 1.82) is 0 Å². The number of nitrogens with one attached hydrogen (secondary N) is 1. The van der Waals surface area contributed by atoms with E-state index in [2.05, 4.69) is 10.2 Å². The molecule has 0 unspecified atom stereocenters. The van der Waals surface area contributed by atoms with Gasteiger partial charge in [-0.3, -0.25) is 5.10 Å². The lowest BCUT2D eigenvalue weighted by Gasteiger charge is -2.03. The number of H-pyrrole nitrogens is 1. The summed E-state index contributed by atoms with van der Waals surface area (Å²) in [6.45, 7) is 0.391. The van der Waals surface area contributed by atoms with Crippen LogP contribution in [0.5, 0.6) is 11.5 Å². The quantitative estimate of drug-likeness (QED) is 0.771. The number of ether oxygens (including phenoxy) is 1. The van der Waals surface area contributed by atoms with E-state index >= 15 is 0 Å². The fraction of sp³-hybridized carbons (Fsp3) is 0.100. The van der Waals surface area contributed by atoms with E-state index in [9.17, 15) is 0 Å². The highest BCUT2D eigenvalue weighted by atomic mass is 16.5. The van der Waals surface area contributed by atoms with Crippen molar-refractivity contribution >= 4 is 0 Å². The molecule has 1 heterocycles. The van der Waals surface area contributed by atoms with E-state index in [1.807, 2.05) is 30.3 Å². The van der Waals surface area contributed by atoms with E-state index in [0.717, 1.165) is 11.4 Å². The third kappa shape index (κ3) is 1.75. The predicted octanol–water partition coefficient (Wildman–Crippen LogP) is 1.66. The van der Waals surface area contributed by atoms with Crippen LogP contribution < -0.4 is 10.5 Å². The minimum Gasteiger partial charge on any atom is -0.454 e. The van der Waals surface area contributed by atoms with Gasteiger partial charge in [0.25, 0.3) is 0 Å². The van der Waals surface area contributed by atoms with E-state index in [0.29, 0.717) is 12.3 Å². The van der Waals surface area contributed by atoms with E-state index in [1.54, 1.807) is 6.20 Å². The largest absolute Gasteiger partial charge is 0.454 e. The van der Waals surface area contributed by atoms with Gasteiger partial charge >= 0.3 is 0 Å². The molecule has 0 saturated heterocycles. The number of nitrogens with two attached hydrogens (primary N) is 1. The normalized spacial score (nSPS) is 10.1. The second-order valence-corrected chi connectivity index (χ2v) is 2.83. The Bertz CT molecular complexity index is 397. The first kappa shape index (κ1) is 8.77. The molecule has 0 saturated carbocycles. The first-order chi connectivity index (χ1) is 6.90. The van der Waals surface area contributed by atoms with Gasteiger partial charge in [0.05, 0.1) is 11.9 Å². The summed E-state index contributed by atoms with van der Waals surface area (Å²) in [5.41, 5.74) is 6.30. The van der Waals surface area contributed by atoms with Crippen LogP contribution in [0, 0.1) is 0 Å². The molecule has 0 aliphatic carbocycles. The molecule has 14 heavy (non-hydrogen) atoms. The molecule has 0 bridgehead atoms. The van der Waals surface area contributed by atoms with Crippen molar-refractivity contribution in [2.75, 3.05) is 0 Å². The molecule has 4 heteroatoms. The summed E-state index contributed by atoms with van der Waals surface area (Å²) in [5, 5.41) is 6.63. The van der Waals surface area contributed by atoms with Gasteiger partial charge in [-0.05, 0) is 12.1 Å². The van der Waals surface area contributed by atoms with Crippen LogP contribution in [0.15, 0.2) is 36.5 Å². The highest BCUT2D eigenvalue weighted by molar-refractivity contribution is 5.31. The Balaban J connectivity index is 2.19. The Kier molecular flexibility index (Phi) is 2.46. The Morgan fingerprint density at radius 1 is 1.29 bits per heavy atom. The summed E-state index contributed by atoms with van der Waals surface area (Å²) in [5.74, 6) is 1.46. The summed E-state index contributed by atoms with van der Waals surface area (Å²) in [7, 11) is 0. The van der Waals surface area contributed by atoms with E-state index in [1.165, 1.54) is 0 Å². The zero-order valence-electron chi connectivity index (χ0n) is 7.60. The van der Waals surface area contributed by atoms with Crippen molar-refractivity contribution in [3.05, 3.63) is 42.2 Å². The standard InChI is InChI=1S/C10H11N3O/c11-6-9-10(7-12-13-9)14-8-4-2-1-3-5-8/h1-5,7H,6,11H2,(H,12,13). The smallest absolute Gasteiger partial charge is 0.169 e. The maximum absolute atomic E-state index is 5.57. The summed E-state index contributed by atoms with van der Waals surface area (Å²) < 4.78 is 5.57. The lowest BCUT2D eigenvalue weighted by atomic mass is 10.3. The molecule has 4 nitrogen and oxygen atoms in total. The molecule has 0 spiro atoms. The second-order valence-electron chi connectivity index (χ2n) is 2.83. The van der Waals surface area contributed by atoms with E-state index in [-0.39, 0.29) is 0 Å². The van der Waals surface area contributed by atoms with Crippen LogP contribution in [0.2, 0.25) is 0 Å². The van der Waals surface area contributed by atoms with Gasteiger partial charge in [-0.15, -0.1) is 0 Å². The fourth-order valence-corrected chi connectivity index (χ4v) is 1.15. The number of hydrogen-bond donors (Lipinski definition) is 2. The molecule has 0 atom stereocenters. The van der Waals surface area contributed by atoms with Crippen molar-refractivity contribution in [2.45, 2.75) is 6.54 Å². The lowest BCUT2D eigenvalue weighted by molar-refractivity contribution is 0.476. The lowest BCUT2D eigenvalue weighted by Crippen LogP contribution is -1.98. The van der Waals surface area contributed by atoms with Crippen LogP contribution in [-0.2, 0) is 6.54 Å². The number of nitrogens with zero attached hydrogens (tertiary/aromatic N) is 1. The number of aromatic amines is 1. The second kappa shape index (κ2) is 3.93. The summed E-state index contributed by atoms with van der Waals surface area (Å²) in [6.07, 6.45) is 1.62. The Morgan fingerprint density at radius 3 is 2.79 bits per heavy atom. The first-order valence-electron chi connectivity index (χ1n) is 4.35. The number of rotatable bonds is 3. The van der Waals surface area contributed by atoms with Crippen LogP contribution in [0.25, 0.3) is 0 Å². The van der Waals surface area contributed by atoms with Gasteiger partial charge in [0.2, 0.25) is 0 Å². The maximum atomic E-state index is 5.57. The van der Waals surface area contributed by atoms with Crippen molar-refractivity contribution in [3.63, 3.8) is 0 Å². The number of benzene rings is 1. The monoisotopic (exact) mass is 189 g/mol. The number of hydrogen-bond acceptors (Lipinski definition) is 3. The van der Waals surface area contributed by atoms with E-state index in [4.69, 9.17) is 10.5 Å². The summed E-state index contributed by atoms with van der Waals surface area (Å²) in [4.78, 5) is 0. The molecule has 0 amide bonds. The molecular formula is C10H11N3O. The van der Waals surface area contributed by atoms with Gasteiger partial charge in [-0.1, -0.05) is 18.2 Å². The highest BCUT2D eigenvalue weighted by Crippen LogP contribution is 2.22. The molecule has 0 aliphatic heterocycles. The van der Waals surface area contributed by atoms with Crippen LogP contribution in [0.4, 0.5) is 0 Å². The summed E-state index contributed by atoms with van der Waals surface area (Å²) in [6, 6.07) is 9.53. The van der Waals surface area contributed by atoms with Crippen LogP contribution in [0.1, 0.15) is 5.69 Å². The zero-order valence-corrected chi connectivity index (χ0v) is 7.60. The average molecular weight is 189 g/mol. The molecule has 0 fully saturated rings. The Morgan fingerprint density at radius 2 is 2.07 bits per heavy atom. The third-order valence-corrected chi connectivity index (χ3v) is 1.85. The first-order valence-corrected chi connectivity index (χ1v) is 4.35. The molecule has 0 aliphatic rings. The molecule has 3 N–H and O–H groups in total. The van der Waals surface area contributed by atoms with E-state index < -0.39 is 0 Å². The van der Waals surface area contributed by atoms with Crippen LogP contribution in [0.3, 0.4) is 0 Å². The molecule has 1 aromatic heterocycles. The fourth-order valence-electron chi connectivity index (χ4n) is 1.15. The van der Waals surface area contributed by atoms with Crippen LogP contribution in [-0.4, -0.2) is 10.2 Å². The Labute approximate surface area is 81.7 Å². The maximum Gasteiger partial charge on any atom is 0.169 e. The SMILES string of the molecule is NCc1[nH]ncc1Oc1ccccc1. The molecule has 0 radical (unpaired) electrons. The molecule has 2 aromatic rings. The van der Waals surface area contributed by atoms with Crippen molar-refractivity contribution in [2.24, 2.45) is 5.73 Å². The van der Waals surface area contributed by atoms with Crippen molar-refractivity contribution in [1.82, 2.24) is 10.2 Å². The number of aromatic nitrogens is 2. The third-order valence-electron chi connectivity index (χ3n) is 1.85. The molecule has 72 valence electrons. The average Bonchev–Trinajstić information content (AvgIpc) is 2.67. The molecule has 1 aromatic carbocycles. The van der Waals surface area contributed by atoms with Gasteiger partial charge in [-0.2, -0.15) is 5.10 Å². The van der Waals surface area contributed by atoms with Crippen molar-refractivity contribution in [3.8, 4) is 11.5 Å². The van der Waals surface area contributed by atoms with Gasteiger partial charge in [-0.25, -0.2) is 0 Å².